The van der Waals surface area contributed by atoms with Crippen molar-refractivity contribution < 1.29 is 0 Å². The quantitative estimate of drug-likeness (QED) is 0.172. The van der Waals surface area contributed by atoms with E-state index in [1.807, 2.05) is 6.07 Å². The summed E-state index contributed by atoms with van der Waals surface area (Å²) in [4.78, 5) is 15.3. The van der Waals surface area contributed by atoms with Crippen molar-refractivity contribution in [2.45, 2.75) is 19.3 Å². The van der Waals surface area contributed by atoms with Crippen LogP contribution >= 0.6 is 0 Å². The van der Waals surface area contributed by atoms with Crippen LogP contribution in [0.15, 0.2) is 176 Å². The third kappa shape index (κ3) is 6.65. The highest BCUT2D eigenvalue weighted by Gasteiger charge is 2.16. The van der Waals surface area contributed by atoms with Crippen LogP contribution < -0.4 is 0 Å². The van der Waals surface area contributed by atoms with E-state index in [1.165, 1.54) is 33.0 Å². The summed E-state index contributed by atoms with van der Waals surface area (Å²) in [6.45, 7) is 0. The average molecular weight is 630 g/mol. The predicted molar refractivity (Wildman–Crippen MR) is 205 cm³/mol. The molecule has 2 aliphatic carbocycles. The van der Waals surface area contributed by atoms with Gasteiger partial charge in [-0.3, -0.25) is 0 Å². The number of nitrogens with zero attached hydrogens (tertiary/aromatic N) is 3. The Hall–Kier alpha value is -6.19. The van der Waals surface area contributed by atoms with Crippen molar-refractivity contribution in [3.05, 3.63) is 193 Å². The molecule has 49 heavy (non-hydrogen) atoms. The van der Waals surface area contributed by atoms with Gasteiger partial charge < -0.3 is 0 Å². The summed E-state index contributed by atoms with van der Waals surface area (Å²) in [6, 6.07) is 42.6. The van der Waals surface area contributed by atoms with E-state index in [0.29, 0.717) is 17.5 Å². The molecule has 0 N–H and O–H groups in total. The Morgan fingerprint density at radius 1 is 0.429 bits per heavy atom. The molecule has 6 aromatic rings. The van der Waals surface area contributed by atoms with Crippen molar-refractivity contribution in [2.24, 2.45) is 0 Å². The third-order valence-corrected chi connectivity index (χ3v) is 9.04. The predicted octanol–water partition coefficient (Wildman–Crippen LogP) is 11.7. The molecule has 3 heteroatoms. The first-order valence-corrected chi connectivity index (χ1v) is 16.9. The summed E-state index contributed by atoms with van der Waals surface area (Å²) in [5.41, 5.74) is 10.0. The molecule has 0 aliphatic heterocycles. The SMILES string of the molecule is C1=CC(c2ccc(-c3nc(C4=CC=C(c5ccccc5)C=CC4)nc(-c4cccc(-c5cccc6ccccc56)c4)n3)cc2)=CC/C=C\C1. The second-order valence-electron chi connectivity index (χ2n) is 12.3. The molecule has 8 rings (SSSR count). The molecule has 234 valence electrons. The topological polar surface area (TPSA) is 38.7 Å². The van der Waals surface area contributed by atoms with E-state index in [-0.39, 0.29) is 0 Å². The number of benzene rings is 5. The molecule has 0 saturated heterocycles. The van der Waals surface area contributed by atoms with Gasteiger partial charge in [0, 0.05) is 16.7 Å². The Kier molecular flexibility index (Phi) is 8.55. The van der Waals surface area contributed by atoms with Crippen molar-refractivity contribution in [1.29, 1.82) is 0 Å². The molecule has 1 heterocycles. The lowest BCUT2D eigenvalue weighted by atomic mass is 9.97. The van der Waals surface area contributed by atoms with Gasteiger partial charge in [-0.15, -0.1) is 0 Å². The van der Waals surface area contributed by atoms with E-state index in [4.69, 9.17) is 15.0 Å². The zero-order chi connectivity index (χ0) is 32.8. The minimum atomic E-state index is 0.657. The molecule has 5 aromatic carbocycles. The first kappa shape index (κ1) is 30.2. The number of rotatable bonds is 6. The van der Waals surface area contributed by atoms with E-state index < -0.39 is 0 Å². The molecule has 3 nitrogen and oxygen atoms in total. The van der Waals surface area contributed by atoms with E-state index in [2.05, 4.69) is 170 Å². The van der Waals surface area contributed by atoms with Gasteiger partial charge in [0.25, 0.3) is 0 Å². The van der Waals surface area contributed by atoms with Crippen molar-refractivity contribution in [3.8, 4) is 33.9 Å². The van der Waals surface area contributed by atoms with Crippen LogP contribution in [0, 0.1) is 0 Å². The highest BCUT2D eigenvalue weighted by Crippen LogP contribution is 2.33. The zero-order valence-electron chi connectivity index (χ0n) is 27.2. The largest absolute Gasteiger partial charge is 0.209 e. The van der Waals surface area contributed by atoms with Gasteiger partial charge in [-0.2, -0.15) is 0 Å². The van der Waals surface area contributed by atoms with E-state index >= 15 is 0 Å². The Morgan fingerprint density at radius 2 is 1.08 bits per heavy atom. The highest BCUT2D eigenvalue weighted by molar-refractivity contribution is 5.97. The fourth-order valence-electron chi connectivity index (χ4n) is 6.45. The first-order chi connectivity index (χ1) is 24.3. The van der Waals surface area contributed by atoms with Crippen molar-refractivity contribution in [1.82, 2.24) is 15.0 Å². The van der Waals surface area contributed by atoms with Gasteiger partial charge in [0.1, 0.15) is 0 Å². The van der Waals surface area contributed by atoms with Gasteiger partial charge in [0.05, 0.1) is 0 Å². The smallest absolute Gasteiger partial charge is 0.164 e. The summed E-state index contributed by atoms with van der Waals surface area (Å²) in [5.74, 6) is 2.01. The van der Waals surface area contributed by atoms with Crippen molar-refractivity contribution in [3.63, 3.8) is 0 Å². The van der Waals surface area contributed by atoms with Crippen LogP contribution in [0.3, 0.4) is 0 Å². The number of aromatic nitrogens is 3. The summed E-state index contributed by atoms with van der Waals surface area (Å²) in [5, 5.41) is 2.44. The van der Waals surface area contributed by atoms with Gasteiger partial charge in [-0.1, -0.05) is 170 Å². The molecule has 2 aliphatic rings. The maximum Gasteiger partial charge on any atom is 0.164 e. The maximum atomic E-state index is 5.12. The molecule has 0 spiro atoms. The lowest BCUT2D eigenvalue weighted by Crippen LogP contribution is -2.03. The van der Waals surface area contributed by atoms with Gasteiger partial charge in [0.2, 0.25) is 0 Å². The van der Waals surface area contributed by atoms with E-state index in [1.54, 1.807) is 0 Å². The monoisotopic (exact) mass is 629 g/mol. The third-order valence-electron chi connectivity index (χ3n) is 9.04. The van der Waals surface area contributed by atoms with Crippen LogP contribution in [0.2, 0.25) is 0 Å². The molecule has 0 bridgehead atoms. The Morgan fingerprint density at radius 3 is 1.98 bits per heavy atom. The summed E-state index contributed by atoms with van der Waals surface area (Å²) in [6.07, 6.45) is 22.4. The second-order valence-corrected chi connectivity index (χ2v) is 12.3. The molecule has 0 fully saturated rings. The van der Waals surface area contributed by atoms with Gasteiger partial charge >= 0.3 is 0 Å². The van der Waals surface area contributed by atoms with Gasteiger partial charge in [-0.05, 0) is 69.5 Å². The number of fused-ring (bicyclic) bond motifs is 1. The molecule has 0 atom stereocenters. The second kappa shape index (κ2) is 13.9. The first-order valence-electron chi connectivity index (χ1n) is 16.9. The van der Waals surface area contributed by atoms with Crippen molar-refractivity contribution in [2.75, 3.05) is 0 Å². The van der Waals surface area contributed by atoms with Crippen molar-refractivity contribution >= 4 is 27.5 Å². The molecular weight excluding hydrogens is 595 g/mol. The average Bonchev–Trinajstić information content (AvgIpc) is 3.42. The molecule has 0 saturated carbocycles. The fraction of sp³-hybridized carbons (Fsp3) is 0.0652. The molecule has 0 unspecified atom stereocenters. The van der Waals surface area contributed by atoms with Gasteiger partial charge in [-0.25, -0.2) is 15.0 Å². The lowest BCUT2D eigenvalue weighted by Gasteiger charge is -2.12. The minimum Gasteiger partial charge on any atom is -0.209 e. The summed E-state index contributed by atoms with van der Waals surface area (Å²) < 4.78 is 0. The molecule has 0 amide bonds. The number of allylic oxidation sites excluding steroid dienone is 12. The summed E-state index contributed by atoms with van der Waals surface area (Å²) in [7, 11) is 0. The van der Waals surface area contributed by atoms with E-state index in [9.17, 15) is 0 Å². The van der Waals surface area contributed by atoms with Crippen LogP contribution in [0.5, 0.6) is 0 Å². The summed E-state index contributed by atoms with van der Waals surface area (Å²) >= 11 is 0. The Balaban J connectivity index is 1.22. The zero-order valence-corrected chi connectivity index (χ0v) is 27.2. The Bertz CT molecular complexity index is 2330. The highest BCUT2D eigenvalue weighted by atomic mass is 15.0. The molecular formula is C46H35N3. The number of hydrogen-bond acceptors (Lipinski definition) is 3. The Labute approximate surface area is 287 Å². The van der Waals surface area contributed by atoms with Gasteiger partial charge in [0.15, 0.2) is 17.5 Å². The van der Waals surface area contributed by atoms with Crippen LogP contribution in [0.25, 0.3) is 61.4 Å². The maximum absolute atomic E-state index is 5.12. The standard InChI is InChI=1S/C46H35N3/c1-2-5-14-34(15-6-3-1)36-27-30-39(31-28-36)45-47-44(38-21-11-19-35(26-29-38)33-16-7-4-8-17-33)48-46(49-45)41-23-12-22-40(32-41)43-25-13-20-37-18-9-10-24-42(37)43/h1-2,4,6-20,22-32H,3,5,21H2/b2-1-,15-6?,34-14?. The van der Waals surface area contributed by atoms with Crippen LogP contribution in [0.4, 0.5) is 0 Å². The van der Waals surface area contributed by atoms with E-state index in [0.717, 1.165) is 47.1 Å². The minimum absolute atomic E-state index is 0.657. The normalized spacial score (nSPS) is 15.1. The van der Waals surface area contributed by atoms with Crippen LogP contribution in [-0.4, -0.2) is 15.0 Å². The molecule has 0 radical (unpaired) electrons. The number of hydrogen-bond donors (Lipinski definition) is 0. The van der Waals surface area contributed by atoms with Crippen LogP contribution in [0.1, 0.15) is 36.2 Å². The fourth-order valence-corrected chi connectivity index (χ4v) is 6.45. The van der Waals surface area contributed by atoms with Crippen LogP contribution in [-0.2, 0) is 0 Å². The molecule has 1 aromatic heterocycles. The lowest BCUT2D eigenvalue weighted by molar-refractivity contribution is 1.02.